The van der Waals surface area contributed by atoms with Crippen LogP contribution in [-0.2, 0) is 28.5 Å². The topological polar surface area (TPSA) is 218 Å². The molecule has 4 aliphatic rings. The maximum absolute atomic E-state index is 14.7. The highest BCUT2D eigenvalue weighted by Crippen LogP contribution is 2.64. The molecule has 6 rings (SSSR count). The van der Waals surface area contributed by atoms with E-state index in [0.717, 1.165) is 0 Å². The lowest BCUT2D eigenvalue weighted by atomic mass is 9.42. The SMILES string of the molecule is C[C@@H]1[C@@H]2[C@@H](O)C(=O)[C@@]3(C)[C@H]([C@H](OC(=O)c4ccccc4)[C@](O)(C[C@@H]1OC(=O)[C@H](O)[C@@H](NC(=O)OC(C)(C)C)c1ccccc1)C2(C)C)[C@]1(O)CO[C@@H]1C[C@@H]3O. The first-order valence-electron chi connectivity index (χ1n) is 18.7. The molecule has 3 aliphatic carbocycles. The molecule has 0 radical (unpaired) electrons. The number of alkyl carbamates (subject to hydrolysis) is 1. The monoisotopic (exact) mass is 767 g/mol. The van der Waals surface area contributed by atoms with Crippen molar-refractivity contribution in [1.82, 2.24) is 5.32 Å². The van der Waals surface area contributed by atoms with Crippen LogP contribution in [0.4, 0.5) is 4.79 Å². The molecule has 1 aliphatic heterocycles. The highest BCUT2D eigenvalue weighted by atomic mass is 16.6. The Morgan fingerprint density at radius 3 is 2.11 bits per heavy atom. The number of hydrogen-bond donors (Lipinski definition) is 6. The fourth-order valence-electron chi connectivity index (χ4n) is 9.72. The van der Waals surface area contributed by atoms with Crippen molar-refractivity contribution in [2.24, 2.45) is 28.6 Å². The molecule has 0 unspecified atom stereocenters. The molecule has 55 heavy (non-hydrogen) atoms. The van der Waals surface area contributed by atoms with E-state index in [4.69, 9.17) is 18.9 Å². The Morgan fingerprint density at radius 1 is 0.945 bits per heavy atom. The van der Waals surface area contributed by atoms with Crippen LogP contribution in [0.3, 0.4) is 0 Å². The highest BCUT2D eigenvalue weighted by molar-refractivity contribution is 5.92. The fraction of sp³-hybridized carbons (Fsp3) is 0.610. The van der Waals surface area contributed by atoms with Gasteiger partial charge in [-0.05, 0) is 51.3 Å². The number of carbonyl (C=O) groups is 4. The molecule has 4 fully saturated rings. The molecule has 2 aromatic rings. The summed E-state index contributed by atoms with van der Waals surface area (Å²) in [7, 11) is 0. The summed E-state index contributed by atoms with van der Waals surface area (Å²) >= 11 is 0. The molecule has 2 aromatic carbocycles. The quantitative estimate of drug-likeness (QED) is 0.177. The number of Topliss-reactive ketones (excluding diaryl/α,β-unsaturated/α-hetero) is 1. The zero-order chi connectivity index (χ0) is 40.5. The van der Waals surface area contributed by atoms with Gasteiger partial charge in [-0.1, -0.05) is 69.3 Å². The summed E-state index contributed by atoms with van der Waals surface area (Å²) in [6.07, 6.45) is -10.9. The largest absolute Gasteiger partial charge is 0.460 e. The van der Waals surface area contributed by atoms with Gasteiger partial charge < -0.3 is 49.8 Å². The number of hydrogen-bond acceptors (Lipinski definition) is 13. The average Bonchev–Trinajstić information content (AvgIpc) is 3.12. The Hall–Kier alpha value is -3.92. The first-order chi connectivity index (χ1) is 25.6. The average molecular weight is 768 g/mol. The van der Waals surface area contributed by atoms with E-state index >= 15 is 0 Å². The van der Waals surface area contributed by atoms with Crippen LogP contribution in [0.25, 0.3) is 0 Å². The molecule has 3 saturated carbocycles. The molecular formula is C41H53NO13. The number of aliphatic hydroxyl groups is 5. The molecule has 300 valence electrons. The Balaban J connectivity index is 1.42. The van der Waals surface area contributed by atoms with Gasteiger partial charge in [-0.25, -0.2) is 14.4 Å². The lowest BCUT2D eigenvalue weighted by Gasteiger charge is -2.68. The Kier molecular flexibility index (Phi) is 10.5. The number of benzene rings is 2. The molecule has 0 aromatic heterocycles. The van der Waals surface area contributed by atoms with Crippen molar-refractivity contribution >= 4 is 23.8 Å². The maximum Gasteiger partial charge on any atom is 0.408 e. The third-order valence-electron chi connectivity index (χ3n) is 12.8. The van der Waals surface area contributed by atoms with Crippen molar-refractivity contribution in [1.29, 1.82) is 0 Å². The summed E-state index contributed by atoms with van der Waals surface area (Å²) < 4.78 is 23.3. The van der Waals surface area contributed by atoms with E-state index in [-0.39, 0.29) is 18.6 Å². The van der Waals surface area contributed by atoms with Gasteiger partial charge in [0.15, 0.2) is 11.9 Å². The second-order valence-electron chi connectivity index (χ2n) is 17.5. The van der Waals surface area contributed by atoms with Crippen LogP contribution in [0.5, 0.6) is 0 Å². The standard InChI is InChI=1S/C41H53NO13/c1-21-24(53-35(48)30(45)28(22-14-10-8-11-15-22)42-36(49)55-37(2,3)4)19-41(51)33(54-34(47)23-16-12-9-13-17-23)31-39(7,25(43)18-26-40(31,50)20-52-26)32(46)29(44)27(21)38(41,5)6/h8-17,21,24-31,33,43-45,50-51H,18-20H2,1-7H3,(H,42,49)/t21-,24-,25-,26+,27+,28-,29+,30+,31-,33-,39+,40-,41+/m0/s1. The van der Waals surface area contributed by atoms with Crippen LogP contribution in [0.2, 0.25) is 0 Å². The number of fused-ring (bicyclic) bond motifs is 5. The molecule has 0 spiro atoms. The van der Waals surface area contributed by atoms with Crippen molar-refractivity contribution < 1.29 is 63.7 Å². The summed E-state index contributed by atoms with van der Waals surface area (Å²) in [6, 6.07) is 14.8. The van der Waals surface area contributed by atoms with Gasteiger partial charge in [-0.3, -0.25) is 4.79 Å². The van der Waals surface area contributed by atoms with E-state index in [9.17, 15) is 44.7 Å². The van der Waals surface area contributed by atoms with Crippen molar-refractivity contribution in [2.45, 2.75) is 121 Å². The van der Waals surface area contributed by atoms with Crippen molar-refractivity contribution in [3.05, 3.63) is 71.8 Å². The minimum atomic E-state index is -2.25. The van der Waals surface area contributed by atoms with Gasteiger partial charge in [0, 0.05) is 30.1 Å². The van der Waals surface area contributed by atoms with Crippen molar-refractivity contribution in [2.75, 3.05) is 6.61 Å². The van der Waals surface area contributed by atoms with E-state index in [1.165, 1.54) is 19.1 Å². The van der Waals surface area contributed by atoms with Gasteiger partial charge in [0.2, 0.25) is 0 Å². The summed E-state index contributed by atoms with van der Waals surface area (Å²) in [4.78, 5) is 55.5. The van der Waals surface area contributed by atoms with Crippen LogP contribution in [0.15, 0.2) is 60.7 Å². The van der Waals surface area contributed by atoms with Crippen LogP contribution in [0, 0.1) is 28.6 Å². The second-order valence-corrected chi connectivity index (χ2v) is 17.5. The molecule has 6 N–H and O–H groups in total. The van der Waals surface area contributed by atoms with Gasteiger partial charge >= 0.3 is 18.0 Å². The molecule has 1 heterocycles. The molecule has 13 atom stereocenters. The van der Waals surface area contributed by atoms with Crippen LogP contribution < -0.4 is 5.32 Å². The third-order valence-corrected chi connectivity index (χ3v) is 12.8. The summed E-state index contributed by atoms with van der Waals surface area (Å²) in [5.41, 5.74) is -7.98. The van der Waals surface area contributed by atoms with Crippen LogP contribution in [0.1, 0.15) is 83.3 Å². The highest BCUT2D eigenvalue weighted by Gasteiger charge is 2.77. The molecule has 1 saturated heterocycles. The molecule has 1 amide bonds. The van der Waals surface area contributed by atoms with Gasteiger partial charge in [0.1, 0.15) is 35.1 Å². The molecule has 2 bridgehead atoms. The van der Waals surface area contributed by atoms with Gasteiger partial charge in [-0.15, -0.1) is 0 Å². The van der Waals surface area contributed by atoms with Crippen molar-refractivity contribution in [3.63, 3.8) is 0 Å². The predicted octanol–water partition coefficient (Wildman–Crippen LogP) is 2.62. The molecule has 14 heteroatoms. The lowest BCUT2D eigenvalue weighted by Crippen LogP contribution is -2.82. The van der Waals surface area contributed by atoms with E-state index in [0.29, 0.717) is 5.56 Å². The number of ketones is 1. The van der Waals surface area contributed by atoms with E-state index < -0.39 is 118 Å². The van der Waals surface area contributed by atoms with E-state index in [1.807, 2.05) is 0 Å². The number of aliphatic hydroxyl groups excluding tert-OH is 3. The Bertz CT molecular complexity index is 1780. The number of esters is 2. The number of amides is 1. The lowest BCUT2D eigenvalue weighted by molar-refractivity contribution is -0.354. The van der Waals surface area contributed by atoms with Gasteiger partial charge in [0.25, 0.3) is 0 Å². The van der Waals surface area contributed by atoms with Crippen LogP contribution in [-0.4, -0.2) is 109 Å². The first-order valence-corrected chi connectivity index (χ1v) is 18.7. The third kappa shape index (κ3) is 6.74. The summed E-state index contributed by atoms with van der Waals surface area (Å²) in [5.74, 6) is -6.46. The van der Waals surface area contributed by atoms with E-state index in [1.54, 1.807) is 90.1 Å². The molecule has 14 nitrogen and oxygen atoms in total. The second kappa shape index (κ2) is 14.2. The zero-order valence-electron chi connectivity index (χ0n) is 32.2. The maximum atomic E-state index is 14.7. The smallest absolute Gasteiger partial charge is 0.408 e. The minimum absolute atomic E-state index is 0.111. The number of rotatable bonds is 7. The Morgan fingerprint density at radius 2 is 1.55 bits per heavy atom. The van der Waals surface area contributed by atoms with Crippen LogP contribution >= 0.6 is 0 Å². The first kappa shape index (κ1) is 40.7. The predicted molar refractivity (Wildman–Crippen MR) is 194 cm³/mol. The fourth-order valence-corrected chi connectivity index (χ4v) is 9.72. The van der Waals surface area contributed by atoms with Gasteiger partial charge in [-0.2, -0.15) is 0 Å². The Labute approximate surface area is 320 Å². The number of nitrogens with one attached hydrogen (secondary N) is 1. The summed E-state index contributed by atoms with van der Waals surface area (Å²) in [5, 5.41) is 63.3. The summed E-state index contributed by atoms with van der Waals surface area (Å²) in [6.45, 7) is 10.9. The minimum Gasteiger partial charge on any atom is -0.460 e. The number of ether oxygens (including phenoxy) is 4. The normalized spacial score (nSPS) is 37.6. The number of carbonyl (C=O) groups excluding carboxylic acids is 4. The van der Waals surface area contributed by atoms with Gasteiger partial charge in [0.05, 0.1) is 35.8 Å². The zero-order valence-corrected chi connectivity index (χ0v) is 32.2. The van der Waals surface area contributed by atoms with E-state index in [2.05, 4.69) is 5.32 Å². The molecular weight excluding hydrogens is 714 g/mol. The van der Waals surface area contributed by atoms with Crippen molar-refractivity contribution in [3.8, 4) is 0 Å².